The van der Waals surface area contributed by atoms with Crippen molar-refractivity contribution in [2.75, 3.05) is 13.2 Å². The van der Waals surface area contributed by atoms with Crippen LogP contribution in [0.1, 0.15) is 50.5 Å². The normalized spacial score (nSPS) is 15.4. The second-order valence-corrected chi connectivity index (χ2v) is 8.44. The quantitative estimate of drug-likeness (QED) is 0.492. The van der Waals surface area contributed by atoms with Crippen molar-refractivity contribution in [1.29, 1.82) is 0 Å². The van der Waals surface area contributed by atoms with E-state index in [1.165, 1.54) is 0 Å². The lowest BCUT2D eigenvalue weighted by atomic mass is 10.1. The maximum Gasteiger partial charge on any atom is 0.251 e. The number of nitrogens with one attached hydrogen (secondary N) is 1. The first kappa shape index (κ1) is 22.8. The number of carbonyl (C=O) groups is 2. The zero-order chi connectivity index (χ0) is 23.2. The van der Waals surface area contributed by atoms with Gasteiger partial charge >= 0.3 is 0 Å². The first-order chi connectivity index (χ1) is 16.0. The Morgan fingerprint density at radius 3 is 2.67 bits per heavy atom. The van der Waals surface area contributed by atoms with Gasteiger partial charge in [0.2, 0.25) is 5.78 Å². The smallest absolute Gasteiger partial charge is 0.251 e. The van der Waals surface area contributed by atoms with Crippen LogP contribution in [0, 0.1) is 13.8 Å². The number of nitrogens with zero attached hydrogens (tertiary/aromatic N) is 1. The Morgan fingerprint density at radius 2 is 1.91 bits per heavy atom. The summed E-state index contributed by atoms with van der Waals surface area (Å²) in [7, 11) is 0. The minimum atomic E-state index is -0.187. The van der Waals surface area contributed by atoms with Crippen molar-refractivity contribution in [2.24, 2.45) is 0 Å². The van der Waals surface area contributed by atoms with Gasteiger partial charge in [-0.1, -0.05) is 36.4 Å². The standard InChI is InChI=1S/C27H30N2O4/c1-19-14-25(20(2)29(19)17-24-12-7-13-32-24)26(30)18-33-23-11-6-10-22(15-23)27(31)28-16-21-8-4-3-5-9-21/h3-6,8-11,14-15,24H,7,12-13,16-18H2,1-2H3,(H,28,31). The minimum Gasteiger partial charge on any atom is -0.485 e. The molecule has 3 aromatic rings. The SMILES string of the molecule is Cc1cc(C(=O)COc2cccc(C(=O)NCc3ccccc3)c2)c(C)n1CC1CCCO1. The summed E-state index contributed by atoms with van der Waals surface area (Å²) in [5, 5.41) is 2.90. The summed E-state index contributed by atoms with van der Waals surface area (Å²) in [6, 6.07) is 18.6. The van der Waals surface area contributed by atoms with E-state index in [2.05, 4.69) is 9.88 Å². The number of aromatic nitrogens is 1. The molecule has 4 rings (SSSR count). The van der Waals surface area contributed by atoms with Crippen LogP contribution in [0.15, 0.2) is 60.7 Å². The van der Waals surface area contributed by atoms with Crippen LogP contribution in [0.2, 0.25) is 0 Å². The summed E-state index contributed by atoms with van der Waals surface area (Å²) in [4.78, 5) is 25.4. The van der Waals surface area contributed by atoms with Gasteiger partial charge in [-0.25, -0.2) is 0 Å². The maximum absolute atomic E-state index is 12.9. The number of aryl methyl sites for hydroxylation is 1. The van der Waals surface area contributed by atoms with E-state index < -0.39 is 0 Å². The number of benzene rings is 2. The average Bonchev–Trinajstić information content (AvgIpc) is 3.46. The van der Waals surface area contributed by atoms with Gasteiger partial charge in [-0.3, -0.25) is 9.59 Å². The fraction of sp³-hybridized carbons (Fsp3) is 0.333. The second-order valence-electron chi connectivity index (χ2n) is 8.44. The lowest BCUT2D eigenvalue weighted by Gasteiger charge is -2.15. The second kappa shape index (κ2) is 10.5. The van der Waals surface area contributed by atoms with Gasteiger partial charge in [0.25, 0.3) is 5.91 Å². The zero-order valence-electron chi connectivity index (χ0n) is 19.2. The highest BCUT2D eigenvalue weighted by atomic mass is 16.5. The Kier molecular flexibility index (Phi) is 7.25. The maximum atomic E-state index is 12.9. The van der Waals surface area contributed by atoms with Gasteiger partial charge in [0.05, 0.1) is 6.10 Å². The molecule has 1 amide bonds. The third-order valence-corrected chi connectivity index (χ3v) is 6.05. The molecule has 6 heteroatoms. The molecule has 1 aromatic heterocycles. The highest BCUT2D eigenvalue weighted by Gasteiger charge is 2.21. The van der Waals surface area contributed by atoms with Crippen molar-refractivity contribution in [3.63, 3.8) is 0 Å². The Bertz CT molecular complexity index is 1110. The van der Waals surface area contributed by atoms with E-state index in [1.54, 1.807) is 24.3 Å². The molecule has 1 N–H and O–H groups in total. The lowest BCUT2D eigenvalue weighted by Crippen LogP contribution is -2.22. The molecule has 2 aromatic carbocycles. The fourth-order valence-corrected chi connectivity index (χ4v) is 4.19. The number of ketones is 1. The zero-order valence-corrected chi connectivity index (χ0v) is 19.2. The molecular weight excluding hydrogens is 416 g/mol. The molecule has 0 radical (unpaired) electrons. The van der Waals surface area contributed by atoms with Gasteiger partial charge < -0.3 is 19.4 Å². The van der Waals surface area contributed by atoms with Crippen LogP contribution < -0.4 is 10.1 Å². The van der Waals surface area contributed by atoms with E-state index in [-0.39, 0.29) is 24.4 Å². The predicted octanol–water partition coefficient (Wildman–Crippen LogP) is 4.48. The molecule has 0 bridgehead atoms. The van der Waals surface area contributed by atoms with Gasteiger partial charge in [-0.15, -0.1) is 0 Å². The van der Waals surface area contributed by atoms with E-state index in [0.717, 1.165) is 42.9 Å². The van der Waals surface area contributed by atoms with Crippen molar-refractivity contribution in [1.82, 2.24) is 9.88 Å². The predicted molar refractivity (Wildman–Crippen MR) is 127 cm³/mol. The molecule has 0 spiro atoms. The average molecular weight is 447 g/mol. The van der Waals surface area contributed by atoms with Crippen molar-refractivity contribution >= 4 is 11.7 Å². The van der Waals surface area contributed by atoms with Gasteiger partial charge in [-0.05, 0) is 56.5 Å². The largest absolute Gasteiger partial charge is 0.485 e. The van der Waals surface area contributed by atoms with E-state index >= 15 is 0 Å². The highest BCUT2D eigenvalue weighted by Crippen LogP contribution is 2.21. The number of rotatable bonds is 9. The number of carbonyl (C=O) groups excluding carboxylic acids is 2. The molecule has 1 saturated heterocycles. The molecule has 1 aliphatic rings. The van der Waals surface area contributed by atoms with E-state index in [0.29, 0.717) is 23.4 Å². The van der Waals surface area contributed by atoms with Crippen molar-refractivity contribution in [3.05, 3.63) is 88.7 Å². The van der Waals surface area contributed by atoms with E-state index in [9.17, 15) is 9.59 Å². The number of hydrogen-bond donors (Lipinski definition) is 1. The lowest BCUT2D eigenvalue weighted by molar-refractivity contribution is 0.0914. The number of amides is 1. The first-order valence-electron chi connectivity index (χ1n) is 11.4. The Morgan fingerprint density at radius 1 is 1.09 bits per heavy atom. The molecule has 2 heterocycles. The number of hydrogen-bond acceptors (Lipinski definition) is 4. The van der Waals surface area contributed by atoms with Crippen LogP contribution in [0.5, 0.6) is 5.75 Å². The number of ether oxygens (including phenoxy) is 2. The topological polar surface area (TPSA) is 69.6 Å². The first-order valence-corrected chi connectivity index (χ1v) is 11.4. The molecule has 0 aliphatic carbocycles. The van der Waals surface area contributed by atoms with Crippen LogP contribution in [-0.4, -0.2) is 35.6 Å². The summed E-state index contributed by atoms with van der Waals surface area (Å²) in [6.45, 7) is 5.92. The monoisotopic (exact) mass is 446 g/mol. The minimum absolute atomic E-state index is 0.0828. The molecule has 172 valence electrons. The third kappa shape index (κ3) is 5.71. The van der Waals surface area contributed by atoms with Crippen molar-refractivity contribution < 1.29 is 19.1 Å². The number of Topliss-reactive ketones (excluding diaryl/α,β-unsaturated/α-hetero) is 1. The molecular formula is C27H30N2O4. The molecule has 1 fully saturated rings. The van der Waals surface area contributed by atoms with Crippen LogP contribution in [0.4, 0.5) is 0 Å². The summed E-state index contributed by atoms with van der Waals surface area (Å²) in [6.07, 6.45) is 2.36. The van der Waals surface area contributed by atoms with Crippen LogP contribution in [-0.2, 0) is 17.8 Å². The Hall–Kier alpha value is -3.38. The van der Waals surface area contributed by atoms with Gasteiger partial charge in [0.1, 0.15) is 5.75 Å². The Balaban J connectivity index is 1.35. The fourth-order valence-electron chi connectivity index (χ4n) is 4.19. The van der Waals surface area contributed by atoms with Gasteiger partial charge in [-0.2, -0.15) is 0 Å². The van der Waals surface area contributed by atoms with Crippen LogP contribution in [0.3, 0.4) is 0 Å². The summed E-state index contributed by atoms with van der Waals surface area (Å²) in [5.41, 5.74) is 4.17. The van der Waals surface area contributed by atoms with Crippen molar-refractivity contribution in [3.8, 4) is 5.75 Å². The van der Waals surface area contributed by atoms with Crippen LogP contribution in [0.25, 0.3) is 0 Å². The summed E-state index contributed by atoms with van der Waals surface area (Å²) >= 11 is 0. The molecule has 6 nitrogen and oxygen atoms in total. The van der Waals surface area contributed by atoms with E-state index in [1.807, 2.05) is 50.2 Å². The highest BCUT2D eigenvalue weighted by molar-refractivity contribution is 5.98. The van der Waals surface area contributed by atoms with E-state index in [4.69, 9.17) is 9.47 Å². The molecule has 1 unspecified atom stereocenters. The molecule has 1 aliphatic heterocycles. The molecule has 33 heavy (non-hydrogen) atoms. The van der Waals surface area contributed by atoms with Gasteiger partial charge in [0.15, 0.2) is 6.61 Å². The van der Waals surface area contributed by atoms with Gasteiger partial charge in [0, 0.05) is 42.2 Å². The van der Waals surface area contributed by atoms with Crippen LogP contribution >= 0.6 is 0 Å². The summed E-state index contributed by atoms with van der Waals surface area (Å²) in [5.74, 6) is 0.220. The third-order valence-electron chi connectivity index (χ3n) is 6.05. The molecule has 0 saturated carbocycles. The van der Waals surface area contributed by atoms with Crippen molar-refractivity contribution in [2.45, 2.75) is 45.9 Å². The summed E-state index contributed by atoms with van der Waals surface area (Å²) < 4.78 is 13.7. The molecule has 1 atom stereocenters. The Labute approximate surface area is 194 Å².